The molecule has 2 rings (SSSR count). The van der Waals surface area contributed by atoms with Crippen LogP contribution in [-0.2, 0) is 9.59 Å². The van der Waals surface area contributed by atoms with Crippen LogP contribution < -0.4 is 4.74 Å². The number of likely N-dealkylation sites (tertiary alicyclic amines) is 1. The highest BCUT2D eigenvalue weighted by atomic mass is 35.5. The van der Waals surface area contributed by atoms with Gasteiger partial charge in [-0.25, -0.2) is 0 Å². The predicted molar refractivity (Wildman–Crippen MR) is 73.9 cm³/mol. The number of aliphatic carboxylic acids is 1. The van der Waals surface area contributed by atoms with Gasteiger partial charge in [0.2, 0.25) is 0 Å². The molecule has 0 spiro atoms. The van der Waals surface area contributed by atoms with Gasteiger partial charge in [0.25, 0.3) is 5.91 Å². The lowest BCUT2D eigenvalue weighted by atomic mass is 9.98. The number of halogens is 1. The monoisotopic (exact) mass is 297 g/mol. The summed E-state index contributed by atoms with van der Waals surface area (Å²) in [4.78, 5) is 24.5. The first-order valence-electron chi connectivity index (χ1n) is 6.45. The Morgan fingerprint density at radius 2 is 2.05 bits per heavy atom. The van der Waals surface area contributed by atoms with E-state index in [9.17, 15) is 9.59 Å². The first kappa shape index (κ1) is 14.7. The van der Waals surface area contributed by atoms with Gasteiger partial charge in [0.15, 0.2) is 6.61 Å². The van der Waals surface area contributed by atoms with Crippen LogP contribution in [-0.4, -0.2) is 41.6 Å². The van der Waals surface area contributed by atoms with Crippen LogP contribution in [0.3, 0.4) is 0 Å². The lowest BCUT2D eigenvalue weighted by Crippen LogP contribution is -2.44. The van der Waals surface area contributed by atoms with Gasteiger partial charge in [-0.1, -0.05) is 11.6 Å². The van der Waals surface area contributed by atoms with Crippen LogP contribution in [0.25, 0.3) is 0 Å². The molecule has 0 bridgehead atoms. The maximum Gasteiger partial charge on any atom is 0.308 e. The van der Waals surface area contributed by atoms with Gasteiger partial charge in [-0.3, -0.25) is 9.59 Å². The van der Waals surface area contributed by atoms with Crippen molar-refractivity contribution in [2.45, 2.75) is 12.8 Å². The van der Waals surface area contributed by atoms with Crippen molar-refractivity contribution in [3.63, 3.8) is 0 Å². The van der Waals surface area contributed by atoms with Gasteiger partial charge in [-0.15, -0.1) is 0 Å². The average molecular weight is 298 g/mol. The Morgan fingerprint density at radius 3 is 2.70 bits per heavy atom. The van der Waals surface area contributed by atoms with Crippen molar-refractivity contribution < 1.29 is 19.4 Å². The van der Waals surface area contributed by atoms with E-state index in [2.05, 4.69) is 0 Å². The molecule has 1 aromatic carbocycles. The third-order valence-corrected chi connectivity index (χ3v) is 3.55. The molecule has 0 saturated carbocycles. The lowest BCUT2D eigenvalue weighted by Gasteiger charge is -2.30. The second-order valence-corrected chi connectivity index (χ2v) is 5.20. The molecule has 1 amide bonds. The Labute approximate surface area is 122 Å². The van der Waals surface area contributed by atoms with Gasteiger partial charge in [-0.05, 0) is 37.1 Å². The van der Waals surface area contributed by atoms with E-state index in [4.69, 9.17) is 21.4 Å². The minimum absolute atomic E-state index is 0.0893. The molecule has 1 atom stereocenters. The highest BCUT2D eigenvalue weighted by Gasteiger charge is 2.28. The molecule has 0 aromatic heterocycles. The Morgan fingerprint density at radius 1 is 1.35 bits per heavy atom. The van der Waals surface area contributed by atoms with Crippen molar-refractivity contribution in [3.05, 3.63) is 29.3 Å². The largest absolute Gasteiger partial charge is 0.484 e. The van der Waals surface area contributed by atoms with Crippen molar-refractivity contribution in [1.29, 1.82) is 0 Å². The summed E-state index contributed by atoms with van der Waals surface area (Å²) >= 11 is 5.76. The summed E-state index contributed by atoms with van der Waals surface area (Å²) in [7, 11) is 0. The molecule has 1 N–H and O–H groups in total. The minimum atomic E-state index is -0.846. The van der Waals surface area contributed by atoms with Crippen molar-refractivity contribution in [3.8, 4) is 5.75 Å². The summed E-state index contributed by atoms with van der Waals surface area (Å²) < 4.78 is 5.37. The van der Waals surface area contributed by atoms with E-state index in [0.717, 1.165) is 0 Å². The van der Waals surface area contributed by atoms with Crippen LogP contribution >= 0.6 is 11.6 Å². The summed E-state index contributed by atoms with van der Waals surface area (Å²) in [6.07, 6.45) is 1.33. The van der Waals surface area contributed by atoms with Gasteiger partial charge >= 0.3 is 5.97 Å². The van der Waals surface area contributed by atoms with Gasteiger partial charge in [-0.2, -0.15) is 0 Å². The molecule has 108 valence electrons. The number of carbonyl (C=O) groups is 2. The number of hydrogen-bond donors (Lipinski definition) is 1. The van der Waals surface area contributed by atoms with Gasteiger partial charge < -0.3 is 14.7 Å². The zero-order chi connectivity index (χ0) is 14.5. The predicted octanol–water partition coefficient (Wildman–Crippen LogP) is 2.04. The molecule has 0 unspecified atom stereocenters. The SMILES string of the molecule is O=C(O)[C@H]1CCCN(C(=O)COc2ccc(Cl)cc2)C1. The zero-order valence-electron chi connectivity index (χ0n) is 10.9. The van der Waals surface area contributed by atoms with Gasteiger partial charge in [0.05, 0.1) is 5.92 Å². The molecule has 0 aliphatic carbocycles. The highest BCUT2D eigenvalue weighted by molar-refractivity contribution is 6.30. The van der Waals surface area contributed by atoms with Crippen LogP contribution in [0.15, 0.2) is 24.3 Å². The number of benzene rings is 1. The summed E-state index contributed by atoms with van der Waals surface area (Å²) in [5.74, 6) is -0.940. The summed E-state index contributed by atoms with van der Waals surface area (Å²) in [5, 5.41) is 9.59. The topological polar surface area (TPSA) is 66.8 Å². The maximum absolute atomic E-state index is 12.0. The number of amides is 1. The maximum atomic E-state index is 12.0. The average Bonchev–Trinajstić information content (AvgIpc) is 2.46. The fourth-order valence-corrected chi connectivity index (χ4v) is 2.30. The molecule has 5 nitrogen and oxygen atoms in total. The quantitative estimate of drug-likeness (QED) is 0.923. The molecule has 0 radical (unpaired) electrons. The summed E-state index contributed by atoms with van der Waals surface area (Å²) in [6.45, 7) is 0.763. The van der Waals surface area contributed by atoms with Crippen LogP contribution in [0.5, 0.6) is 5.75 Å². The lowest BCUT2D eigenvalue weighted by molar-refractivity contribution is -0.146. The second kappa shape index (κ2) is 6.61. The van der Waals surface area contributed by atoms with Crippen molar-refractivity contribution in [2.75, 3.05) is 19.7 Å². The Bertz CT molecular complexity index is 488. The molecule has 20 heavy (non-hydrogen) atoms. The van der Waals surface area contributed by atoms with E-state index in [0.29, 0.717) is 30.2 Å². The van der Waals surface area contributed by atoms with Crippen molar-refractivity contribution in [1.82, 2.24) is 4.90 Å². The van der Waals surface area contributed by atoms with E-state index in [1.54, 1.807) is 29.2 Å². The van der Waals surface area contributed by atoms with Gasteiger partial charge in [0.1, 0.15) is 5.75 Å². The van der Waals surface area contributed by atoms with E-state index >= 15 is 0 Å². The molecule has 1 fully saturated rings. The Kier molecular flexibility index (Phi) is 4.84. The normalized spacial score (nSPS) is 18.6. The Hall–Kier alpha value is -1.75. The molecule has 1 aromatic rings. The van der Waals surface area contributed by atoms with E-state index in [1.165, 1.54) is 0 Å². The zero-order valence-corrected chi connectivity index (χ0v) is 11.7. The number of nitrogens with zero attached hydrogens (tertiary/aromatic N) is 1. The van der Waals surface area contributed by atoms with Crippen LogP contribution in [0.4, 0.5) is 0 Å². The first-order valence-corrected chi connectivity index (χ1v) is 6.83. The third kappa shape index (κ3) is 3.87. The number of rotatable bonds is 4. The smallest absolute Gasteiger partial charge is 0.308 e. The van der Waals surface area contributed by atoms with Crippen molar-refractivity contribution >= 4 is 23.5 Å². The number of hydrogen-bond acceptors (Lipinski definition) is 3. The van der Waals surface area contributed by atoms with Crippen LogP contribution in [0, 0.1) is 5.92 Å². The number of carboxylic acid groups (broad SMARTS) is 1. The van der Waals surface area contributed by atoms with E-state index in [-0.39, 0.29) is 19.1 Å². The van der Waals surface area contributed by atoms with Crippen LogP contribution in [0.2, 0.25) is 5.02 Å². The fraction of sp³-hybridized carbons (Fsp3) is 0.429. The second-order valence-electron chi connectivity index (χ2n) is 4.76. The van der Waals surface area contributed by atoms with E-state index < -0.39 is 11.9 Å². The Balaban J connectivity index is 1.85. The van der Waals surface area contributed by atoms with Gasteiger partial charge in [0, 0.05) is 18.1 Å². The molecular formula is C14H16ClNO4. The molecule has 1 aliphatic rings. The summed E-state index contributed by atoms with van der Waals surface area (Å²) in [5.41, 5.74) is 0. The molecule has 1 aliphatic heterocycles. The number of carboxylic acids is 1. The first-order chi connectivity index (χ1) is 9.56. The molecule has 1 saturated heterocycles. The number of ether oxygens (including phenoxy) is 1. The summed E-state index contributed by atoms with van der Waals surface area (Å²) in [6, 6.07) is 6.74. The van der Waals surface area contributed by atoms with Crippen molar-refractivity contribution in [2.24, 2.45) is 5.92 Å². The molecular weight excluding hydrogens is 282 g/mol. The molecule has 6 heteroatoms. The minimum Gasteiger partial charge on any atom is -0.484 e. The number of carbonyl (C=O) groups excluding carboxylic acids is 1. The van der Waals surface area contributed by atoms with E-state index in [1.807, 2.05) is 0 Å². The molecule has 1 heterocycles. The third-order valence-electron chi connectivity index (χ3n) is 3.30. The number of piperidine rings is 1. The van der Waals surface area contributed by atoms with Crippen LogP contribution in [0.1, 0.15) is 12.8 Å². The fourth-order valence-electron chi connectivity index (χ4n) is 2.17. The standard InChI is InChI=1S/C14H16ClNO4/c15-11-3-5-12(6-4-11)20-9-13(17)16-7-1-2-10(8-16)14(18)19/h3-6,10H,1-2,7-9H2,(H,18,19)/t10-/m0/s1. The highest BCUT2D eigenvalue weighted by Crippen LogP contribution is 2.18.